The normalized spacial score (nSPS) is 11.1. The van der Waals surface area contributed by atoms with Crippen molar-refractivity contribution in [2.75, 3.05) is 0 Å². The van der Waals surface area contributed by atoms with E-state index >= 15 is 0 Å². The van der Waals surface area contributed by atoms with Gasteiger partial charge in [0.25, 0.3) is 0 Å². The van der Waals surface area contributed by atoms with Crippen LogP contribution in [0.5, 0.6) is 0 Å². The lowest BCUT2D eigenvalue weighted by molar-refractivity contribution is 0.567. The molecule has 1 aromatic heterocycles. The molecule has 4 heteroatoms. The van der Waals surface area contributed by atoms with Crippen molar-refractivity contribution < 1.29 is 8.81 Å². The quantitative estimate of drug-likeness (QED) is 0.587. The van der Waals surface area contributed by atoms with Crippen molar-refractivity contribution in [2.24, 2.45) is 0 Å². The van der Waals surface area contributed by atoms with E-state index in [-0.39, 0.29) is 5.82 Å². The molecule has 96 valence electrons. The molecule has 0 aliphatic carbocycles. The maximum absolute atomic E-state index is 13.4. The first-order valence-electron chi connectivity index (χ1n) is 5.75. The van der Waals surface area contributed by atoms with Gasteiger partial charge in [0.1, 0.15) is 17.2 Å². The maximum atomic E-state index is 13.4. The van der Waals surface area contributed by atoms with Crippen LogP contribution in [0.15, 0.2) is 61.1 Å². The average molecular weight is 337 g/mol. The van der Waals surface area contributed by atoms with Crippen molar-refractivity contribution in [1.82, 2.24) is 0 Å². The van der Waals surface area contributed by atoms with Crippen molar-refractivity contribution in [3.05, 3.63) is 58.5 Å². The molecule has 3 aromatic rings. The Morgan fingerprint density at radius 2 is 1.84 bits per heavy atom. The average Bonchev–Trinajstić information content (AvgIpc) is 2.69. The summed E-state index contributed by atoms with van der Waals surface area (Å²) in [4.78, 5) is 2.06. The predicted molar refractivity (Wildman–Crippen MR) is 79.2 cm³/mol. The van der Waals surface area contributed by atoms with Gasteiger partial charge in [-0.25, -0.2) is 4.39 Å². The summed E-state index contributed by atoms with van der Waals surface area (Å²) in [5.41, 5.74) is 0.721. The van der Waals surface area contributed by atoms with Crippen LogP contribution in [0, 0.1) is 12.7 Å². The van der Waals surface area contributed by atoms with Crippen LogP contribution in [-0.4, -0.2) is 0 Å². The topological polar surface area (TPSA) is 13.1 Å². The summed E-state index contributed by atoms with van der Waals surface area (Å²) in [6.45, 7) is 1.90. The highest BCUT2D eigenvalue weighted by Crippen LogP contribution is 2.38. The van der Waals surface area contributed by atoms with Gasteiger partial charge in [-0.1, -0.05) is 27.7 Å². The Hall–Kier alpha value is -1.26. The lowest BCUT2D eigenvalue weighted by atomic mass is 10.2. The van der Waals surface area contributed by atoms with Crippen molar-refractivity contribution in [3.8, 4) is 0 Å². The van der Waals surface area contributed by atoms with E-state index < -0.39 is 0 Å². The Balaban J connectivity index is 2.06. The number of benzene rings is 2. The number of halogens is 2. The van der Waals surface area contributed by atoms with E-state index in [1.165, 1.54) is 12.1 Å². The van der Waals surface area contributed by atoms with Crippen LogP contribution >= 0.6 is 27.7 Å². The number of fused-ring (bicyclic) bond motifs is 1. The molecule has 0 fully saturated rings. The van der Waals surface area contributed by atoms with Crippen LogP contribution in [0.4, 0.5) is 4.39 Å². The van der Waals surface area contributed by atoms with E-state index in [1.54, 1.807) is 17.8 Å². The minimum atomic E-state index is -0.244. The molecule has 0 bridgehead atoms. The molecule has 0 atom stereocenters. The highest BCUT2D eigenvalue weighted by atomic mass is 79.9. The highest BCUT2D eigenvalue weighted by molar-refractivity contribution is 9.10. The van der Waals surface area contributed by atoms with Gasteiger partial charge in [0.2, 0.25) is 0 Å². The minimum absolute atomic E-state index is 0.244. The van der Waals surface area contributed by atoms with E-state index in [1.807, 2.05) is 31.2 Å². The van der Waals surface area contributed by atoms with Gasteiger partial charge in [-0.15, -0.1) is 0 Å². The van der Waals surface area contributed by atoms with Gasteiger partial charge in [-0.05, 0) is 49.4 Å². The zero-order chi connectivity index (χ0) is 13.4. The smallest absolute Gasteiger partial charge is 0.135 e. The molecule has 0 saturated heterocycles. The van der Waals surface area contributed by atoms with Crippen molar-refractivity contribution in [3.63, 3.8) is 0 Å². The fourth-order valence-corrected chi connectivity index (χ4v) is 3.14. The largest absolute Gasteiger partial charge is 0.460 e. The molecule has 0 saturated carbocycles. The molecule has 0 unspecified atom stereocenters. The molecular formula is C15H10BrFOS. The molecule has 0 aliphatic rings. The van der Waals surface area contributed by atoms with E-state index in [9.17, 15) is 4.39 Å². The summed E-state index contributed by atoms with van der Waals surface area (Å²) < 4.78 is 20.1. The standard InChI is InChI=1S/C15H10BrFOS/c1-9-15(19-12-5-2-10(16)3-6-12)13-8-11(17)4-7-14(13)18-9/h2-8H,1H3. The third-order valence-electron chi connectivity index (χ3n) is 2.80. The molecule has 0 amide bonds. The Kier molecular flexibility index (Phi) is 3.37. The number of rotatable bonds is 2. The first-order valence-corrected chi connectivity index (χ1v) is 7.36. The summed E-state index contributed by atoms with van der Waals surface area (Å²) in [5.74, 6) is 0.569. The summed E-state index contributed by atoms with van der Waals surface area (Å²) in [5, 5.41) is 0.824. The van der Waals surface area contributed by atoms with Crippen LogP contribution in [0.1, 0.15) is 5.76 Å². The molecule has 2 aromatic carbocycles. The molecule has 19 heavy (non-hydrogen) atoms. The fourth-order valence-electron chi connectivity index (χ4n) is 1.92. The number of aryl methyl sites for hydroxylation is 1. The van der Waals surface area contributed by atoms with Crippen molar-refractivity contribution in [1.29, 1.82) is 0 Å². The highest BCUT2D eigenvalue weighted by Gasteiger charge is 2.13. The molecule has 0 radical (unpaired) electrons. The number of hydrogen-bond acceptors (Lipinski definition) is 2. The van der Waals surface area contributed by atoms with E-state index in [0.717, 1.165) is 31.0 Å². The van der Waals surface area contributed by atoms with Gasteiger partial charge < -0.3 is 4.42 Å². The second-order valence-corrected chi connectivity index (χ2v) is 6.18. The molecule has 0 aliphatic heterocycles. The van der Waals surface area contributed by atoms with E-state index in [0.29, 0.717) is 0 Å². The molecule has 0 N–H and O–H groups in total. The Labute approximate surface area is 122 Å². The number of furan rings is 1. The predicted octanol–water partition coefficient (Wildman–Crippen LogP) is 5.79. The summed E-state index contributed by atoms with van der Waals surface area (Å²) in [7, 11) is 0. The summed E-state index contributed by atoms with van der Waals surface area (Å²) >= 11 is 5.00. The molecular weight excluding hydrogens is 327 g/mol. The summed E-state index contributed by atoms with van der Waals surface area (Å²) in [6, 6.07) is 12.6. The van der Waals surface area contributed by atoms with Gasteiger partial charge in [-0.3, -0.25) is 0 Å². The lowest BCUT2D eigenvalue weighted by Crippen LogP contribution is -1.76. The SMILES string of the molecule is Cc1oc2ccc(F)cc2c1Sc1ccc(Br)cc1. The fraction of sp³-hybridized carbons (Fsp3) is 0.0667. The van der Waals surface area contributed by atoms with Gasteiger partial charge in [0, 0.05) is 14.8 Å². The van der Waals surface area contributed by atoms with E-state index in [2.05, 4.69) is 15.9 Å². The summed E-state index contributed by atoms with van der Waals surface area (Å²) in [6.07, 6.45) is 0. The third kappa shape index (κ3) is 2.55. The van der Waals surface area contributed by atoms with Gasteiger partial charge in [0.05, 0.1) is 4.90 Å². The van der Waals surface area contributed by atoms with Crippen LogP contribution in [0.2, 0.25) is 0 Å². The van der Waals surface area contributed by atoms with Gasteiger partial charge in [0.15, 0.2) is 0 Å². The Morgan fingerprint density at radius 3 is 2.58 bits per heavy atom. The molecule has 1 nitrogen and oxygen atoms in total. The third-order valence-corrected chi connectivity index (χ3v) is 4.55. The van der Waals surface area contributed by atoms with Crippen molar-refractivity contribution in [2.45, 2.75) is 16.7 Å². The van der Waals surface area contributed by atoms with Crippen LogP contribution in [0.3, 0.4) is 0 Å². The second kappa shape index (κ2) is 5.02. The molecule has 1 heterocycles. The van der Waals surface area contributed by atoms with E-state index in [4.69, 9.17) is 4.42 Å². The first kappa shape index (κ1) is 12.8. The monoisotopic (exact) mass is 336 g/mol. The minimum Gasteiger partial charge on any atom is -0.460 e. The van der Waals surface area contributed by atoms with Crippen molar-refractivity contribution >= 4 is 38.7 Å². The Morgan fingerprint density at radius 1 is 1.11 bits per heavy atom. The second-order valence-electron chi connectivity index (χ2n) is 4.18. The maximum Gasteiger partial charge on any atom is 0.135 e. The van der Waals surface area contributed by atoms with Crippen LogP contribution < -0.4 is 0 Å². The molecule has 0 spiro atoms. The zero-order valence-corrected chi connectivity index (χ0v) is 12.5. The zero-order valence-electron chi connectivity index (χ0n) is 10.1. The van der Waals surface area contributed by atoms with Gasteiger partial charge >= 0.3 is 0 Å². The van der Waals surface area contributed by atoms with Gasteiger partial charge in [-0.2, -0.15) is 0 Å². The van der Waals surface area contributed by atoms with Crippen LogP contribution in [0.25, 0.3) is 11.0 Å². The molecule has 3 rings (SSSR count). The number of hydrogen-bond donors (Lipinski definition) is 0. The van der Waals surface area contributed by atoms with Crippen LogP contribution in [-0.2, 0) is 0 Å². The first-order chi connectivity index (χ1) is 9.13. The lowest BCUT2D eigenvalue weighted by Gasteiger charge is -2.01. The Bertz CT molecular complexity index is 734.